The second-order valence-corrected chi connectivity index (χ2v) is 4.08. The van der Waals surface area contributed by atoms with Crippen molar-refractivity contribution < 1.29 is 4.74 Å². The summed E-state index contributed by atoms with van der Waals surface area (Å²) in [6.45, 7) is 0.854. The summed E-state index contributed by atoms with van der Waals surface area (Å²) in [5.41, 5.74) is 1.53. The van der Waals surface area contributed by atoms with Crippen molar-refractivity contribution in [3.8, 4) is 0 Å². The second kappa shape index (κ2) is 3.65. The Kier molecular flexibility index (Phi) is 2.55. The summed E-state index contributed by atoms with van der Waals surface area (Å²) in [7, 11) is 4.25. The number of allylic oxidation sites excluding steroid dienone is 1. The Labute approximate surface area is 75.4 Å². The smallest absolute Gasteiger partial charge is 0.110 e. The summed E-state index contributed by atoms with van der Waals surface area (Å²) in [6.07, 6.45) is 7.77. The summed E-state index contributed by atoms with van der Waals surface area (Å²) >= 11 is 0. The van der Waals surface area contributed by atoms with Crippen LogP contribution in [-0.4, -0.2) is 21.0 Å². The van der Waals surface area contributed by atoms with Gasteiger partial charge in [0.1, 0.15) is 7.28 Å². The second-order valence-electron chi connectivity index (χ2n) is 4.08. The van der Waals surface area contributed by atoms with E-state index in [0.29, 0.717) is 0 Å². The van der Waals surface area contributed by atoms with Gasteiger partial charge in [0.15, 0.2) is 0 Å². The summed E-state index contributed by atoms with van der Waals surface area (Å²) < 4.78 is 5.17. The van der Waals surface area contributed by atoms with Gasteiger partial charge >= 0.3 is 0 Å². The minimum atomic E-state index is 0.836. The maximum Gasteiger partial charge on any atom is 0.110 e. The molecule has 0 aromatic carbocycles. The molecule has 2 rings (SSSR count). The minimum absolute atomic E-state index is 0.836. The zero-order chi connectivity index (χ0) is 8.39. The molecule has 65 valence electrons. The molecule has 0 spiro atoms. The standard InChI is InChI=1S/C10H16BO/c1-12-7-10-3-8-2-9(4-10)6-11-5-8/h3,8-9H,2,4-7H2,1H3. The molecule has 1 aliphatic heterocycles. The Bertz CT molecular complexity index is 188. The normalized spacial score (nSPS) is 33.9. The fourth-order valence-electron chi connectivity index (χ4n) is 2.53. The average molecular weight is 163 g/mol. The van der Waals surface area contributed by atoms with E-state index in [0.717, 1.165) is 18.4 Å². The van der Waals surface area contributed by atoms with E-state index in [9.17, 15) is 0 Å². The van der Waals surface area contributed by atoms with Crippen LogP contribution in [0.5, 0.6) is 0 Å². The minimum Gasteiger partial charge on any atom is -0.380 e. The number of hydrogen-bond donors (Lipinski definition) is 0. The molecule has 1 nitrogen and oxygen atoms in total. The third kappa shape index (κ3) is 1.74. The zero-order valence-corrected chi connectivity index (χ0v) is 7.75. The van der Waals surface area contributed by atoms with Crippen LogP contribution in [0.2, 0.25) is 12.6 Å². The van der Waals surface area contributed by atoms with Gasteiger partial charge in [-0.2, -0.15) is 0 Å². The van der Waals surface area contributed by atoms with Crippen molar-refractivity contribution in [3.63, 3.8) is 0 Å². The van der Waals surface area contributed by atoms with Gasteiger partial charge in [-0.3, -0.25) is 0 Å². The Balaban J connectivity index is 2.01. The predicted molar refractivity (Wildman–Crippen MR) is 51.5 cm³/mol. The predicted octanol–water partition coefficient (Wildman–Crippen LogP) is 2.14. The van der Waals surface area contributed by atoms with E-state index in [4.69, 9.17) is 4.74 Å². The molecule has 2 heteroatoms. The van der Waals surface area contributed by atoms with Gasteiger partial charge in [0.2, 0.25) is 0 Å². The molecule has 2 bridgehead atoms. The molecule has 12 heavy (non-hydrogen) atoms. The van der Waals surface area contributed by atoms with Crippen LogP contribution in [-0.2, 0) is 4.74 Å². The SMILES string of the molecule is COCC1=CC2C[B]CC(C1)C2. The number of rotatable bonds is 2. The van der Waals surface area contributed by atoms with Crippen molar-refractivity contribution in [1.29, 1.82) is 0 Å². The molecule has 0 amide bonds. The van der Waals surface area contributed by atoms with Crippen molar-refractivity contribution in [2.45, 2.75) is 25.5 Å². The molecule has 1 saturated heterocycles. The van der Waals surface area contributed by atoms with Gasteiger partial charge in [0.05, 0.1) is 6.61 Å². The van der Waals surface area contributed by atoms with E-state index < -0.39 is 0 Å². The summed E-state index contributed by atoms with van der Waals surface area (Å²) in [6, 6.07) is 0. The van der Waals surface area contributed by atoms with Crippen LogP contribution in [0.4, 0.5) is 0 Å². The van der Waals surface area contributed by atoms with Gasteiger partial charge in [0.25, 0.3) is 0 Å². The van der Waals surface area contributed by atoms with Gasteiger partial charge in [-0.15, -0.1) is 0 Å². The average Bonchev–Trinajstić information content (AvgIpc) is 2.04. The summed E-state index contributed by atoms with van der Waals surface area (Å²) in [5.74, 6) is 1.77. The zero-order valence-electron chi connectivity index (χ0n) is 7.75. The summed E-state index contributed by atoms with van der Waals surface area (Å²) in [4.78, 5) is 0. The molecule has 1 heterocycles. The molecule has 0 N–H and O–H groups in total. The van der Waals surface area contributed by atoms with Crippen molar-refractivity contribution in [3.05, 3.63) is 11.6 Å². The molecular weight excluding hydrogens is 147 g/mol. The largest absolute Gasteiger partial charge is 0.380 e. The first-order valence-electron chi connectivity index (χ1n) is 4.88. The molecule has 0 aromatic rings. The van der Waals surface area contributed by atoms with Crippen LogP contribution in [0.15, 0.2) is 11.6 Å². The van der Waals surface area contributed by atoms with Crippen molar-refractivity contribution >= 4 is 7.28 Å². The highest BCUT2D eigenvalue weighted by molar-refractivity contribution is 6.36. The van der Waals surface area contributed by atoms with E-state index >= 15 is 0 Å². The third-order valence-corrected chi connectivity index (χ3v) is 2.96. The molecule has 1 aliphatic carbocycles. The van der Waals surface area contributed by atoms with Crippen LogP contribution >= 0.6 is 0 Å². The van der Waals surface area contributed by atoms with E-state index in [1.165, 1.54) is 31.1 Å². The van der Waals surface area contributed by atoms with Gasteiger partial charge in [0, 0.05) is 7.11 Å². The number of ether oxygens (including phenoxy) is 1. The van der Waals surface area contributed by atoms with Gasteiger partial charge in [-0.05, 0) is 30.3 Å². The lowest BCUT2D eigenvalue weighted by Gasteiger charge is -2.32. The Morgan fingerprint density at radius 2 is 2.50 bits per heavy atom. The highest BCUT2D eigenvalue weighted by Gasteiger charge is 2.26. The van der Waals surface area contributed by atoms with Crippen molar-refractivity contribution in [2.24, 2.45) is 11.8 Å². The van der Waals surface area contributed by atoms with Crippen LogP contribution in [0.25, 0.3) is 0 Å². The Morgan fingerprint density at radius 1 is 1.58 bits per heavy atom. The maximum atomic E-state index is 5.17. The number of hydrogen-bond acceptors (Lipinski definition) is 1. The molecule has 2 unspecified atom stereocenters. The van der Waals surface area contributed by atoms with Crippen molar-refractivity contribution in [2.75, 3.05) is 13.7 Å². The highest BCUT2D eigenvalue weighted by atomic mass is 16.5. The highest BCUT2D eigenvalue weighted by Crippen LogP contribution is 2.36. The lowest BCUT2D eigenvalue weighted by Crippen LogP contribution is -2.23. The number of methoxy groups -OCH3 is 1. The quantitative estimate of drug-likeness (QED) is 0.447. The topological polar surface area (TPSA) is 9.23 Å². The molecular formula is C10H16BO. The molecule has 2 atom stereocenters. The third-order valence-electron chi connectivity index (χ3n) is 2.96. The lowest BCUT2D eigenvalue weighted by molar-refractivity contribution is 0.214. The van der Waals surface area contributed by atoms with Crippen molar-refractivity contribution in [1.82, 2.24) is 0 Å². The van der Waals surface area contributed by atoms with Crippen LogP contribution < -0.4 is 0 Å². The number of fused-ring (bicyclic) bond motifs is 2. The molecule has 1 fully saturated rings. The van der Waals surface area contributed by atoms with E-state index in [1.807, 2.05) is 0 Å². The molecule has 1 radical (unpaired) electrons. The summed E-state index contributed by atoms with van der Waals surface area (Å²) in [5, 5.41) is 0. The Morgan fingerprint density at radius 3 is 3.25 bits per heavy atom. The first-order chi connectivity index (χ1) is 5.88. The van der Waals surface area contributed by atoms with Crippen LogP contribution in [0.1, 0.15) is 12.8 Å². The van der Waals surface area contributed by atoms with Crippen LogP contribution in [0.3, 0.4) is 0 Å². The fourth-order valence-corrected chi connectivity index (χ4v) is 2.53. The fraction of sp³-hybridized carbons (Fsp3) is 0.800. The first-order valence-corrected chi connectivity index (χ1v) is 4.88. The van der Waals surface area contributed by atoms with Gasteiger partial charge in [-0.1, -0.05) is 18.7 Å². The van der Waals surface area contributed by atoms with E-state index in [-0.39, 0.29) is 0 Å². The van der Waals surface area contributed by atoms with E-state index in [2.05, 4.69) is 13.4 Å². The van der Waals surface area contributed by atoms with Gasteiger partial charge < -0.3 is 4.74 Å². The first kappa shape index (κ1) is 8.37. The van der Waals surface area contributed by atoms with E-state index in [1.54, 1.807) is 7.11 Å². The molecule has 2 aliphatic rings. The van der Waals surface area contributed by atoms with Crippen LogP contribution in [0, 0.1) is 11.8 Å². The van der Waals surface area contributed by atoms with Gasteiger partial charge in [-0.25, -0.2) is 0 Å². The Hall–Kier alpha value is -0.235. The molecule has 0 aromatic heterocycles. The molecule has 0 saturated carbocycles. The lowest BCUT2D eigenvalue weighted by atomic mass is 9.54. The monoisotopic (exact) mass is 163 g/mol. The maximum absolute atomic E-state index is 5.17.